The van der Waals surface area contributed by atoms with Crippen molar-refractivity contribution in [3.63, 3.8) is 0 Å². The van der Waals surface area contributed by atoms with Crippen LogP contribution in [0.15, 0.2) is 36.4 Å². The summed E-state index contributed by atoms with van der Waals surface area (Å²) in [6.45, 7) is 1.76. The molecule has 2 bridgehead atoms. The summed E-state index contributed by atoms with van der Waals surface area (Å²) in [4.78, 5) is 50.3. The van der Waals surface area contributed by atoms with Crippen LogP contribution >= 0.6 is 0 Å². The number of fused-ring (bicyclic) bond motifs is 1. The second kappa shape index (κ2) is 6.85. The van der Waals surface area contributed by atoms with E-state index in [1.165, 1.54) is 24.3 Å². The van der Waals surface area contributed by atoms with Gasteiger partial charge in [0, 0.05) is 17.8 Å². The molecular weight excluding hydrogens is 362 g/mol. The minimum absolute atomic E-state index is 0.0756. The molecule has 2 fully saturated rings. The van der Waals surface area contributed by atoms with E-state index >= 15 is 0 Å². The number of carbonyl (C=O) groups is 3. The predicted octanol–water partition coefficient (Wildman–Crippen LogP) is 2.51. The van der Waals surface area contributed by atoms with Crippen LogP contribution in [0.1, 0.15) is 26.2 Å². The first-order chi connectivity index (χ1) is 13.4. The fourth-order valence-corrected chi connectivity index (χ4v) is 4.78. The van der Waals surface area contributed by atoms with Crippen molar-refractivity contribution in [2.24, 2.45) is 23.7 Å². The molecule has 1 saturated carbocycles. The second-order valence-corrected chi connectivity index (χ2v) is 7.61. The van der Waals surface area contributed by atoms with Crippen LogP contribution in [-0.4, -0.2) is 33.6 Å². The largest absolute Gasteiger partial charge is 0.324 e. The third-order valence-corrected chi connectivity index (χ3v) is 6.14. The predicted molar refractivity (Wildman–Crippen MR) is 100.0 cm³/mol. The summed E-state index contributed by atoms with van der Waals surface area (Å²) in [7, 11) is 0. The first-order valence-electron chi connectivity index (χ1n) is 9.53. The summed E-state index contributed by atoms with van der Waals surface area (Å²) in [5, 5.41) is 13.4. The van der Waals surface area contributed by atoms with Gasteiger partial charge in [-0.05, 0) is 43.2 Å². The highest BCUT2D eigenvalue weighted by molar-refractivity contribution is 6.10. The quantitative estimate of drug-likeness (QED) is 0.364. The molecule has 3 aliphatic carbocycles. The Morgan fingerprint density at radius 2 is 1.68 bits per heavy atom. The first kappa shape index (κ1) is 18.3. The number of nitrogens with zero attached hydrogens (tertiary/aromatic N) is 2. The van der Waals surface area contributed by atoms with Crippen LogP contribution < -0.4 is 5.32 Å². The molecule has 1 N–H and O–H groups in total. The van der Waals surface area contributed by atoms with Gasteiger partial charge in [0.2, 0.25) is 17.7 Å². The zero-order chi connectivity index (χ0) is 20.0. The number of nitro benzene ring substituents is 1. The Morgan fingerprint density at radius 3 is 2.11 bits per heavy atom. The zero-order valence-corrected chi connectivity index (χ0v) is 15.4. The smallest absolute Gasteiger partial charge is 0.269 e. The lowest BCUT2D eigenvalue weighted by atomic mass is 9.63. The number of nitrogens with one attached hydrogen (secondary N) is 1. The van der Waals surface area contributed by atoms with Crippen LogP contribution in [0.5, 0.6) is 0 Å². The second-order valence-electron chi connectivity index (χ2n) is 7.61. The van der Waals surface area contributed by atoms with Crippen molar-refractivity contribution >= 4 is 29.1 Å². The molecule has 8 nitrogen and oxygen atoms in total. The highest BCUT2D eigenvalue weighted by Crippen LogP contribution is 2.50. The summed E-state index contributed by atoms with van der Waals surface area (Å²) < 4.78 is 0. The summed E-state index contributed by atoms with van der Waals surface area (Å²) in [5.74, 6) is -1.51. The van der Waals surface area contributed by atoms with Gasteiger partial charge >= 0.3 is 0 Å². The average Bonchev–Trinajstić information content (AvgIpc) is 2.97. The summed E-state index contributed by atoms with van der Waals surface area (Å²) in [5.41, 5.74) is 0.300. The summed E-state index contributed by atoms with van der Waals surface area (Å²) in [6.07, 6.45) is 6.20. The molecule has 146 valence electrons. The fraction of sp³-hybridized carbons (Fsp3) is 0.450. The van der Waals surface area contributed by atoms with Gasteiger partial charge in [-0.2, -0.15) is 0 Å². The Bertz CT molecular complexity index is 846. The fourth-order valence-electron chi connectivity index (χ4n) is 4.78. The topological polar surface area (TPSA) is 110 Å². The van der Waals surface area contributed by atoms with Gasteiger partial charge < -0.3 is 5.32 Å². The van der Waals surface area contributed by atoms with E-state index in [4.69, 9.17) is 0 Å². The molecule has 0 spiro atoms. The van der Waals surface area contributed by atoms with E-state index < -0.39 is 16.9 Å². The van der Waals surface area contributed by atoms with E-state index in [1.54, 1.807) is 6.92 Å². The molecule has 5 rings (SSSR count). The molecule has 1 aromatic rings. The van der Waals surface area contributed by atoms with Gasteiger partial charge in [-0.1, -0.05) is 19.1 Å². The number of non-ortho nitro benzene ring substituents is 1. The molecule has 1 aromatic carbocycles. The molecule has 1 saturated heterocycles. The number of hydrogen-bond acceptors (Lipinski definition) is 5. The number of anilines is 1. The molecule has 0 unspecified atom stereocenters. The van der Waals surface area contributed by atoms with Crippen LogP contribution in [0.3, 0.4) is 0 Å². The number of carbonyl (C=O) groups excluding carboxylic acids is 3. The Morgan fingerprint density at radius 1 is 1.14 bits per heavy atom. The van der Waals surface area contributed by atoms with Crippen LogP contribution in [0.2, 0.25) is 0 Å². The van der Waals surface area contributed by atoms with Crippen LogP contribution in [0.25, 0.3) is 0 Å². The van der Waals surface area contributed by atoms with E-state index in [1.807, 2.05) is 12.2 Å². The van der Waals surface area contributed by atoms with Crippen LogP contribution in [0.4, 0.5) is 11.4 Å². The van der Waals surface area contributed by atoms with Gasteiger partial charge in [-0.25, -0.2) is 0 Å². The average molecular weight is 383 g/mol. The molecule has 8 heteroatoms. The normalized spacial score (nSPS) is 29.0. The van der Waals surface area contributed by atoms with Gasteiger partial charge in [0.25, 0.3) is 5.69 Å². The van der Waals surface area contributed by atoms with Crippen molar-refractivity contribution < 1.29 is 19.3 Å². The number of imide groups is 1. The van der Waals surface area contributed by atoms with Gasteiger partial charge in [0.1, 0.15) is 6.04 Å². The first-order valence-corrected chi connectivity index (χ1v) is 9.53. The van der Waals surface area contributed by atoms with Crippen molar-refractivity contribution in [1.82, 2.24) is 4.90 Å². The number of allylic oxidation sites excluding steroid dienone is 2. The number of hydrogen-bond donors (Lipinski definition) is 1. The standard InChI is InChI=1S/C20H21N3O5/c1-2-15(18(24)21-13-7-9-14(10-8-13)23(27)28)22-19(25)16-11-3-4-12(6-5-11)17(16)20(22)26/h3-4,7-12,15-17H,2,5-6H2,1H3,(H,21,24)/t11-,12-,15+,16-,17+/m0/s1. The third-order valence-electron chi connectivity index (χ3n) is 6.14. The highest BCUT2D eigenvalue weighted by Gasteiger charge is 2.58. The van der Waals surface area contributed by atoms with Gasteiger partial charge in [0.05, 0.1) is 16.8 Å². The number of amides is 3. The van der Waals surface area contributed by atoms with E-state index in [0.717, 1.165) is 17.7 Å². The Labute approximate surface area is 161 Å². The minimum atomic E-state index is -0.889. The molecule has 0 radical (unpaired) electrons. The molecule has 3 amide bonds. The molecule has 1 heterocycles. The molecule has 1 aliphatic heterocycles. The molecule has 4 aliphatic rings. The Kier molecular flexibility index (Phi) is 4.49. The maximum absolute atomic E-state index is 13.0. The van der Waals surface area contributed by atoms with Crippen molar-refractivity contribution in [2.75, 3.05) is 5.32 Å². The summed E-state index contributed by atoms with van der Waals surface area (Å²) >= 11 is 0. The van der Waals surface area contributed by atoms with Gasteiger partial charge in [-0.15, -0.1) is 0 Å². The van der Waals surface area contributed by atoms with E-state index in [9.17, 15) is 24.5 Å². The molecular formula is C20H21N3O5. The summed E-state index contributed by atoms with van der Waals surface area (Å²) in [6, 6.07) is 4.56. The number of rotatable bonds is 5. The van der Waals surface area contributed by atoms with Crippen LogP contribution in [0, 0.1) is 33.8 Å². The highest BCUT2D eigenvalue weighted by atomic mass is 16.6. The zero-order valence-electron chi connectivity index (χ0n) is 15.4. The lowest BCUT2D eigenvalue weighted by Gasteiger charge is -2.38. The SMILES string of the molecule is CC[C@H](C(=O)Nc1ccc([N+](=O)[O-])cc1)N1C(=O)[C@@H]2[C@H](C1=O)[C@H]1C=C[C@H]2CC1. The van der Waals surface area contributed by atoms with Crippen molar-refractivity contribution in [3.8, 4) is 0 Å². The van der Waals surface area contributed by atoms with Gasteiger partial charge in [-0.3, -0.25) is 29.4 Å². The molecule has 28 heavy (non-hydrogen) atoms. The minimum Gasteiger partial charge on any atom is -0.324 e. The molecule has 0 aromatic heterocycles. The third kappa shape index (κ3) is 2.80. The number of benzene rings is 1. The Hall–Kier alpha value is -3.03. The van der Waals surface area contributed by atoms with Gasteiger partial charge in [0.15, 0.2) is 0 Å². The molecule has 5 atom stereocenters. The maximum atomic E-state index is 13.0. The monoisotopic (exact) mass is 383 g/mol. The Balaban J connectivity index is 1.53. The lowest BCUT2D eigenvalue weighted by Crippen LogP contribution is -2.47. The van der Waals surface area contributed by atoms with E-state index in [-0.39, 0.29) is 41.2 Å². The van der Waals surface area contributed by atoms with E-state index in [0.29, 0.717) is 12.1 Å². The lowest BCUT2D eigenvalue weighted by molar-refractivity contribution is -0.384. The maximum Gasteiger partial charge on any atom is 0.269 e. The van der Waals surface area contributed by atoms with Crippen molar-refractivity contribution in [3.05, 3.63) is 46.5 Å². The van der Waals surface area contributed by atoms with Crippen LogP contribution in [-0.2, 0) is 14.4 Å². The number of nitro groups is 1. The number of likely N-dealkylation sites (tertiary alicyclic amines) is 1. The van der Waals surface area contributed by atoms with Crippen molar-refractivity contribution in [1.29, 1.82) is 0 Å². The van der Waals surface area contributed by atoms with E-state index in [2.05, 4.69) is 5.32 Å². The van der Waals surface area contributed by atoms with Crippen molar-refractivity contribution in [2.45, 2.75) is 32.2 Å².